The molecule has 0 saturated carbocycles. The molecule has 0 aliphatic carbocycles. The highest BCUT2D eigenvalue weighted by Crippen LogP contribution is 2.17. The first-order valence-corrected chi connectivity index (χ1v) is 5.04. The van der Waals surface area contributed by atoms with E-state index in [1.165, 1.54) is 0 Å². The smallest absolute Gasteiger partial charge is 0.181 e. The van der Waals surface area contributed by atoms with Crippen LogP contribution in [-0.2, 0) is 6.42 Å². The highest BCUT2D eigenvalue weighted by molar-refractivity contribution is 6.30. The van der Waals surface area contributed by atoms with E-state index in [-0.39, 0.29) is 0 Å². The van der Waals surface area contributed by atoms with Gasteiger partial charge in [0.15, 0.2) is 5.82 Å². The van der Waals surface area contributed by atoms with E-state index in [9.17, 15) is 0 Å². The zero-order valence-electron chi connectivity index (χ0n) is 8.07. The van der Waals surface area contributed by atoms with Gasteiger partial charge in [0.2, 0.25) is 0 Å². The minimum atomic E-state index is 0.565. The van der Waals surface area contributed by atoms with Crippen LogP contribution < -0.4 is 5.73 Å². The Morgan fingerprint density at radius 1 is 1.27 bits per heavy atom. The molecule has 0 spiro atoms. The molecule has 0 radical (unpaired) electrons. The van der Waals surface area contributed by atoms with Crippen LogP contribution in [0.2, 0.25) is 5.02 Å². The first-order chi connectivity index (χ1) is 7.29. The van der Waals surface area contributed by atoms with Gasteiger partial charge in [-0.3, -0.25) is 5.10 Å². The van der Waals surface area contributed by atoms with Crippen LogP contribution in [0.25, 0.3) is 11.4 Å². The third-order valence-electron chi connectivity index (χ3n) is 2.02. The van der Waals surface area contributed by atoms with Crippen LogP contribution >= 0.6 is 11.6 Å². The van der Waals surface area contributed by atoms with Gasteiger partial charge < -0.3 is 5.73 Å². The molecule has 5 heteroatoms. The molecule has 2 rings (SSSR count). The molecule has 1 aromatic heterocycles. The number of rotatable bonds is 3. The van der Waals surface area contributed by atoms with E-state index >= 15 is 0 Å². The number of halogens is 1. The first-order valence-electron chi connectivity index (χ1n) is 4.67. The summed E-state index contributed by atoms with van der Waals surface area (Å²) in [6, 6.07) is 7.40. The summed E-state index contributed by atoms with van der Waals surface area (Å²) < 4.78 is 0. The van der Waals surface area contributed by atoms with Gasteiger partial charge in [-0.15, -0.1) is 0 Å². The third kappa shape index (κ3) is 2.34. The molecule has 0 aliphatic rings. The predicted octanol–water partition coefficient (Wildman–Crippen LogP) is 1.63. The molecule has 1 aromatic carbocycles. The lowest BCUT2D eigenvalue weighted by Crippen LogP contribution is -2.03. The van der Waals surface area contributed by atoms with E-state index in [0.717, 1.165) is 11.4 Å². The quantitative estimate of drug-likeness (QED) is 0.830. The summed E-state index contributed by atoms with van der Waals surface area (Å²) in [7, 11) is 0. The molecule has 4 nitrogen and oxygen atoms in total. The van der Waals surface area contributed by atoms with E-state index in [2.05, 4.69) is 15.2 Å². The number of nitrogens with zero attached hydrogens (tertiary/aromatic N) is 2. The van der Waals surface area contributed by atoms with Gasteiger partial charge in [0.25, 0.3) is 0 Å². The predicted molar refractivity (Wildman–Crippen MR) is 59.6 cm³/mol. The number of nitrogens with one attached hydrogen (secondary N) is 1. The fraction of sp³-hybridized carbons (Fsp3) is 0.200. The van der Waals surface area contributed by atoms with Crippen molar-refractivity contribution in [1.29, 1.82) is 0 Å². The van der Waals surface area contributed by atoms with Crippen molar-refractivity contribution < 1.29 is 0 Å². The summed E-state index contributed by atoms with van der Waals surface area (Å²) in [6.07, 6.45) is 0.709. The Labute approximate surface area is 92.5 Å². The van der Waals surface area contributed by atoms with Gasteiger partial charge in [-0.05, 0) is 30.8 Å². The van der Waals surface area contributed by atoms with E-state index in [1.54, 1.807) is 0 Å². The van der Waals surface area contributed by atoms with Crippen LogP contribution in [0, 0.1) is 0 Å². The average molecular weight is 223 g/mol. The molecule has 78 valence electrons. The molecule has 1 heterocycles. The summed E-state index contributed by atoms with van der Waals surface area (Å²) in [4.78, 5) is 4.31. The second-order valence-corrected chi connectivity index (χ2v) is 3.59. The number of hydrogen-bond acceptors (Lipinski definition) is 3. The maximum Gasteiger partial charge on any atom is 0.181 e. The number of hydrogen-bond donors (Lipinski definition) is 2. The van der Waals surface area contributed by atoms with Gasteiger partial charge in [-0.25, -0.2) is 4.98 Å². The van der Waals surface area contributed by atoms with Crippen molar-refractivity contribution in [3.8, 4) is 11.4 Å². The number of H-pyrrole nitrogens is 1. The van der Waals surface area contributed by atoms with Gasteiger partial charge in [0, 0.05) is 17.0 Å². The van der Waals surface area contributed by atoms with Crippen molar-refractivity contribution in [3.63, 3.8) is 0 Å². The fourth-order valence-electron chi connectivity index (χ4n) is 1.27. The first kappa shape index (κ1) is 10.1. The van der Waals surface area contributed by atoms with Crippen molar-refractivity contribution in [2.45, 2.75) is 6.42 Å². The zero-order chi connectivity index (χ0) is 10.7. The molecule has 0 bridgehead atoms. The minimum Gasteiger partial charge on any atom is -0.330 e. The van der Waals surface area contributed by atoms with Crippen molar-refractivity contribution in [2.75, 3.05) is 6.54 Å². The number of benzene rings is 1. The van der Waals surface area contributed by atoms with Gasteiger partial charge >= 0.3 is 0 Å². The van der Waals surface area contributed by atoms with Crippen LogP contribution in [0.5, 0.6) is 0 Å². The lowest BCUT2D eigenvalue weighted by molar-refractivity contribution is 0.874. The number of aromatic nitrogens is 3. The SMILES string of the molecule is NCCc1nc(-c2ccc(Cl)cc2)n[nH]1. The monoisotopic (exact) mass is 222 g/mol. The summed E-state index contributed by atoms with van der Waals surface area (Å²) in [5.74, 6) is 1.48. The van der Waals surface area contributed by atoms with Crippen LogP contribution in [0.4, 0.5) is 0 Å². The van der Waals surface area contributed by atoms with Crippen molar-refractivity contribution in [2.24, 2.45) is 5.73 Å². The third-order valence-corrected chi connectivity index (χ3v) is 2.27. The largest absolute Gasteiger partial charge is 0.330 e. The zero-order valence-corrected chi connectivity index (χ0v) is 8.83. The summed E-state index contributed by atoms with van der Waals surface area (Å²) >= 11 is 5.79. The highest BCUT2D eigenvalue weighted by Gasteiger charge is 2.04. The normalized spacial score (nSPS) is 10.5. The Balaban J connectivity index is 2.25. The second kappa shape index (κ2) is 4.42. The van der Waals surface area contributed by atoms with Gasteiger partial charge in [0.1, 0.15) is 5.82 Å². The Hall–Kier alpha value is -1.39. The lowest BCUT2D eigenvalue weighted by atomic mass is 10.2. The van der Waals surface area contributed by atoms with E-state index in [1.807, 2.05) is 24.3 Å². The Bertz CT molecular complexity index is 435. The second-order valence-electron chi connectivity index (χ2n) is 3.15. The maximum atomic E-state index is 5.79. The molecule has 0 aliphatic heterocycles. The average Bonchev–Trinajstić information content (AvgIpc) is 2.68. The lowest BCUT2D eigenvalue weighted by Gasteiger charge is -1.94. The van der Waals surface area contributed by atoms with Gasteiger partial charge in [0.05, 0.1) is 0 Å². The van der Waals surface area contributed by atoms with Crippen LogP contribution in [0.3, 0.4) is 0 Å². The number of nitrogens with two attached hydrogens (primary N) is 1. The summed E-state index contributed by atoms with van der Waals surface area (Å²) in [6.45, 7) is 0.565. The Kier molecular flexibility index (Phi) is 2.99. The topological polar surface area (TPSA) is 67.6 Å². The number of aromatic amines is 1. The van der Waals surface area contributed by atoms with Gasteiger partial charge in [-0.2, -0.15) is 5.10 Å². The minimum absolute atomic E-state index is 0.565. The van der Waals surface area contributed by atoms with Crippen LogP contribution in [-0.4, -0.2) is 21.7 Å². The molecule has 0 fully saturated rings. The van der Waals surface area contributed by atoms with Crippen LogP contribution in [0.1, 0.15) is 5.82 Å². The summed E-state index contributed by atoms with van der Waals surface area (Å²) in [5.41, 5.74) is 6.37. The van der Waals surface area contributed by atoms with Crippen molar-refractivity contribution in [3.05, 3.63) is 35.1 Å². The highest BCUT2D eigenvalue weighted by atomic mass is 35.5. The Morgan fingerprint density at radius 2 is 2.00 bits per heavy atom. The van der Waals surface area contributed by atoms with Crippen molar-refractivity contribution >= 4 is 11.6 Å². The van der Waals surface area contributed by atoms with Gasteiger partial charge in [-0.1, -0.05) is 11.6 Å². The van der Waals surface area contributed by atoms with E-state index < -0.39 is 0 Å². The molecule has 3 N–H and O–H groups in total. The molecule has 0 amide bonds. The van der Waals surface area contributed by atoms with E-state index in [0.29, 0.717) is 23.8 Å². The molecule has 0 unspecified atom stereocenters. The standard InChI is InChI=1S/C10H11ClN4/c11-8-3-1-7(2-4-8)10-13-9(5-6-12)14-15-10/h1-4H,5-6,12H2,(H,13,14,15). The Morgan fingerprint density at radius 3 is 2.67 bits per heavy atom. The maximum absolute atomic E-state index is 5.79. The van der Waals surface area contributed by atoms with Crippen molar-refractivity contribution in [1.82, 2.24) is 15.2 Å². The molecular formula is C10H11ClN4. The molecular weight excluding hydrogens is 212 g/mol. The van der Waals surface area contributed by atoms with E-state index in [4.69, 9.17) is 17.3 Å². The van der Waals surface area contributed by atoms with Crippen LogP contribution in [0.15, 0.2) is 24.3 Å². The molecule has 2 aromatic rings. The molecule has 0 atom stereocenters. The summed E-state index contributed by atoms with van der Waals surface area (Å²) in [5, 5.41) is 7.65. The fourth-order valence-corrected chi connectivity index (χ4v) is 1.40. The molecule has 0 saturated heterocycles. The molecule has 15 heavy (non-hydrogen) atoms.